The van der Waals surface area contributed by atoms with Crippen molar-refractivity contribution in [3.05, 3.63) is 42.3 Å². The van der Waals surface area contributed by atoms with Crippen molar-refractivity contribution in [3.8, 4) is 5.75 Å². The zero-order chi connectivity index (χ0) is 15.5. The first-order valence-electron chi connectivity index (χ1n) is 5.96. The number of methoxy groups -OCH3 is 1. The second-order valence-corrected chi connectivity index (χ2v) is 5.76. The molecule has 2 aromatic rings. The number of ether oxygens (including phenoxy) is 1. The van der Waals surface area contributed by atoms with Crippen LogP contribution in [-0.4, -0.2) is 27.6 Å². The highest BCUT2D eigenvalue weighted by molar-refractivity contribution is 7.92. The van der Waals surface area contributed by atoms with E-state index in [1.165, 1.54) is 37.6 Å². The van der Waals surface area contributed by atoms with Crippen LogP contribution in [0.25, 0.3) is 0 Å². The summed E-state index contributed by atoms with van der Waals surface area (Å²) in [6.07, 6.45) is 1.38. The van der Waals surface area contributed by atoms with E-state index in [0.717, 1.165) is 6.07 Å². The molecule has 0 amide bonds. The first kappa shape index (κ1) is 15.0. The predicted molar refractivity (Wildman–Crippen MR) is 77.5 cm³/mol. The Bertz CT molecular complexity index is 750. The minimum absolute atomic E-state index is 0.0409. The van der Waals surface area contributed by atoms with Crippen LogP contribution in [0.4, 0.5) is 15.9 Å². The average Bonchev–Trinajstić information content (AvgIpc) is 2.49. The quantitative estimate of drug-likeness (QED) is 0.883. The standard InChI is InChI=1S/C13H14FN3O3S/c1-15-13-8-10(5-6-16-13)21(18,19)17-9-3-4-11(14)12(7-9)20-2/h3-8,17H,1-2H3,(H,15,16). The van der Waals surface area contributed by atoms with E-state index in [-0.39, 0.29) is 16.3 Å². The van der Waals surface area contributed by atoms with Crippen LogP contribution in [0.2, 0.25) is 0 Å². The zero-order valence-corrected chi connectivity index (χ0v) is 12.2. The Kier molecular flexibility index (Phi) is 4.27. The molecule has 0 aliphatic heterocycles. The van der Waals surface area contributed by atoms with Crippen molar-refractivity contribution in [2.24, 2.45) is 0 Å². The van der Waals surface area contributed by atoms with Crippen LogP contribution < -0.4 is 14.8 Å². The summed E-state index contributed by atoms with van der Waals surface area (Å²) in [5.74, 6) is -0.183. The molecule has 0 saturated carbocycles. The van der Waals surface area contributed by atoms with Crippen molar-refractivity contribution in [1.82, 2.24) is 4.98 Å². The van der Waals surface area contributed by atoms with Gasteiger partial charge in [-0.15, -0.1) is 0 Å². The van der Waals surface area contributed by atoms with Crippen molar-refractivity contribution in [3.63, 3.8) is 0 Å². The predicted octanol–water partition coefficient (Wildman–Crippen LogP) is 2.07. The van der Waals surface area contributed by atoms with Gasteiger partial charge in [-0.25, -0.2) is 17.8 Å². The molecule has 2 N–H and O–H groups in total. The Labute approximate surface area is 122 Å². The smallest absolute Gasteiger partial charge is 0.262 e. The second kappa shape index (κ2) is 5.96. The zero-order valence-electron chi connectivity index (χ0n) is 11.4. The van der Waals surface area contributed by atoms with Crippen LogP contribution >= 0.6 is 0 Å². The Morgan fingerprint density at radius 3 is 2.67 bits per heavy atom. The lowest BCUT2D eigenvalue weighted by molar-refractivity contribution is 0.387. The maximum atomic E-state index is 13.3. The van der Waals surface area contributed by atoms with E-state index in [1.54, 1.807) is 7.05 Å². The molecule has 0 spiro atoms. The van der Waals surface area contributed by atoms with E-state index < -0.39 is 15.8 Å². The van der Waals surface area contributed by atoms with Crippen LogP contribution in [0.3, 0.4) is 0 Å². The molecule has 1 aromatic carbocycles. The minimum Gasteiger partial charge on any atom is -0.494 e. The number of rotatable bonds is 5. The Balaban J connectivity index is 2.32. The van der Waals surface area contributed by atoms with Gasteiger partial charge < -0.3 is 10.1 Å². The van der Waals surface area contributed by atoms with Crippen molar-refractivity contribution in [2.45, 2.75) is 4.90 Å². The number of nitrogens with one attached hydrogen (secondary N) is 2. The summed E-state index contributed by atoms with van der Waals surface area (Å²) in [7, 11) is -0.852. The van der Waals surface area contributed by atoms with Crippen molar-refractivity contribution in [2.75, 3.05) is 24.2 Å². The van der Waals surface area contributed by atoms with Gasteiger partial charge in [-0.3, -0.25) is 4.72 Å². The normalized spacial score (nSPS) is 11.0. The lowest BCUT2D eigenvalue weighted by Gasteiger charge is -2.10. The van der Waals surface area contributed by atoms with Crippen LogP contribution in [0.15, 0.2) is 41.4 Å². The van der Waals surface area contributed by atoms with Gasteiger partial charge in [0.1, 0.15) is 5.82 Å². The molecule has 0 bridgehead atoms. The lowest BCUT2D eigenvalue weighted by atomic mass is 10.3. The van der Waals surface area contributed by atoms with E-state index >= 15 is 0 Å². The van der Waals surface area contributed by atoms with Gasteiger partial charge in [-0.2, -0.15) is 0 Å². The molecule has 0 aliphatic rings. The molecular formula is C13H14FN3O3S. The average molecular weight is 311 g/mol. The maximum Gasteiger partial charge on any atom is 0.262 e. The van der Waals surface area contributed by atoms with Gasteiger partial charge in [-0.05, 0) is 18.2 Å². The van der Waals surface area contributed by atoms with Crippen LogP contribution in [-0.2, 0) is 10.0 Å². The van der Waals surface area contributed by atoms with Crippen molar-refractivity contribution >= 4 is 21.5 Å². The van der Waals surface area contributed by atoms with Crippen molar-refractivity contribution < 1.29 is 17.5 Å². The molecule has 0 radical (unpaired) electrons. The molecule has 8 heteroatoms. The number of pyridine rings is 1. The van der Waals surface area contributed by atoms with E-state index in [1.807, 2.05) is 0 Å². The molecule has 112 valence electrons. The molecule has 0 aliphatic carbocycles. The number of benzene rings is 1. The Morgan fingerprint density at radius 1 is 1.24 bits per heavy atom. The van der Waals surface area contributed by atoms with E-state index in [0.29, 0.717) is 5.82 Å². The summed E-state index contributed by atoms with van der Waals surface area (Å²) in [6.45, 7) is 0. The van der Waals surface area contributed by atoms with Crippen LogP contribution in [0.1, 0.15) is 0 Å². The molecule has 0 atom stereocenters. The number of aromatic nitrogens is 1. The highest BCUT2D eigenvalue weighted by Gasteiger charge is 2.16. The summed E-state index contributed by atoms with van der Waals surface area (Å²) in [5.41, 5.74) is 0.205. The number of sulfonamides is 1. The third-order valence-electron chi connectivity index (χ3n) is 2.70. The second-order valence-electron chi connectivity index (χ2n) is 4.08. The molecule has 2 rings (SSSR count). The molecule has 1 heterocycles. The monoisotopic (exact) mass is 311 g/mol. The molecule has 0 unspecified atom stereocenters. The van der Waals surface area contributed by atoms with Crippen LogP contribution in [0, 0.1) is 5.82 Å². The number of hydrogen-bond acceptors (Lipinski definition) is 5. The van der Waals surface area contributed by atoms with E-state index in [4.69, 9.17) is 4.74 Å². The largest absolute Gasteiger partial charge is 0.494 e. The molecule has 1 aromatic heterocycles. The fourth-order valence-electron chi connectivity index (χ4n) is 1.65. The van der Waals surface area contributed by atoms with Crippen molar-refractivity contribution in [1.29, 1.82) is 0 Å². The van der Waals surface area contributed by atoms with Gasteiger partial charge in [0.05, 0.1) is 17.7 Å². The summed E-state index contributed by atoms with van der Waals surface area (Å²) in [4.78, 5) is 3.99. The number of nitrogens with zero attached hydrogens (tertiary/aromatic N) is 1. The Morgan fingerprint density at radius 2 is 2.00 bits per heavy atom. The molecule has 6 nitrogen and oxygen atoms in total. The molecule has 0 fully saturated rings. The summed E-state index contributed by atoms with van der Waals surface area (Å²) in [5, 5.41) is 2.76. The molecule has 0 saturated heterocycles. The fourth-order valence-corrected chi connectivity index (χ4v) is 2.71. The SMILES string of the molecule is CNc1cc(S(=O)(=O)Nc2ccc(F)c(OC)c2)ccn1. The van der Waals surface area contributed by atoms with Gasteiger partial charge in [0, 0.05) is 25.4 Å². The highest BCUT2D eigenvalue weighted by atomic mass is 32.2. The summed E-state index contributed by atoms with van der Waals surface area (Å²) in [6, 6.07) is 6.47. The van der Waals surface area contributed by atoms with Gasteiger partial charge >= 0.3 is 0 Å². The number of anilines is 2. The summed E-state index contributed by atoms with van der Waals surface area (Å²) < 4.78 is 45.0. The summed E-state index contributed by atoms with van der Waals surface area (Å²) >= 11 is 0. The molecule has 21 heavy (non-hydrogen) atoms. The van der Waals surface area contributed by atoms with Gasteiger partial charge in [0.2, 0.25) is 0 Å². The first-order valence-corrected chi connectivity index (χ1v) is 7.45. The van der Waals surface area contributed by atoms with E-state index in [2.05, 4.69) is 15.0 Å². The number of halogens is 1. The topological polar surface area (TPSA) is 80.3 Å². The third kappa shape index (κ3) is 3.40. The minimum atomic E-state index is -3.79. The van der Waals surface area contributed by atoms with Crippen LogP contribution in [0.5, 0.6) is 5.75 Å². The van der Waals surface area contributed by atoms with Gasteiger partial charge in [-0.1, -0.05) is 0 Å². The Hall–Kier alpha value is -2.35. The fraction of sp³-hybridized carbons (Fsp3) is 0.154. The third-order valence-corrected chi connectivity index (χ3v) is 4.08. The first-order chi connectivity index (χ1) is 9.96. The number of hydrogen-bond donors (Lipinski definition) is 2. The lowest BCUT2D eigenvalue weighted by Crippen LogP contribution is -2.13. The van der Waals surface area contributed by atoms with Gasteiger partial charge in [0.25, 0.3) is 10.0 Å². The highest BCUT2D eigenvalue weighted by Crippen LogP contribution is 2.24. The molecular weight excluding hydrogens is 297 g/mol. The van der Waals surface area contributed by atoms with E-state index in [9.17, 15) is 12.8 Å². The maximum absolute atomic E-state index is 13.3. The van der Waals surface area contributed by atoms with Gasteiger partial charge in [0.15, 0.2) is 11.6 Å².